The molecule has 4 heteroatoms. The monoisotopic (exact) mass is 376 g/mol. The molecule has 1 aliphatic rings. The average Bonchev–Trinajstić information content (AvgIpc) is 3.07. The van der Waals surface area contributed by atoms with Crippen molar-refractivity contribution in [3.8, 4) is 22.4 Å². The Hall–Kier alpha value is -2.56. The summed E-state index contributed by atoms with van der Waals surface area (Å²) in [6.07, 6.45) is 0.918. The van der Waals surface area contributed by atoms with Gasteiger partial charge in [0, 0.05) is 18.2 Å². The molecule has 0 spiro atoms. The summed E-state index contributed by atoms with van der Waals surface area (Å²) in [7, 11) is 0. The van der Waals surface area contributed by atoms with Gasteiger partial charge in [0.25, 0.3) is 0 Å². The van der Waals surface area contributed by atoms with Crippen LogP contribution in [-0.4, -0.2) is 22.7 Å². The number of benzene rings is 2. The number of hydrogen-bond donors (Lipinski definition) is 2. The SMILES string of the molecule is CC(C)[C@H](CO)NCc1nc(-c2ccc3c(c2)Cc2ccccc2-3)ccc1F. The Labute approximate surface area is 165 Å². The topological polar surface area (TPSA) is 45.1 Å². The standard InChI is InChI=1S/C24H25FN2O/c1-15(2)24(14-28)26-13-23-21(25)9-10-22(27-23)17-7-8-20-18(12-17)11-16-5-3-4-6-19(16)20/h3-10,12,15,24,26,28H,11,13-14H2,1-2H3/t24-/m0/s1. The van der Waals surface area contributed by atoms with E-state index in [0.29, 0.717) is 12.2 Å². The van der Waals surface area contributed by atoms with Crippen LogP contribution < -0.4 is 5.32 Å². The summed E-state index contributed by atoms with van der Waals surface area (Å²) in [4.78, 5) is 4.56. The number of fused-ring (bicyclic) bond motifs is 3. The number of aliphatic hydroxyl groups is 1. The molecule has 1 atom stereocenters. The molecule has 1 aliphatic carbocycles. The first-order valence-electron chi connectivity index (χ1n) is 9.78. The lowest BCUT2D eigenvalue weighted by Gasteiger charge is -2.20. The predicted octanol–water partition coefficient (Wildman–Crippen LogP) is 4.57. The third kappa shape index (κ3) is 3.58. The molecule has 0 saturated carbocycles. The van der Waals surface area contributed by atoms with Crippen LogP contribution in [-0.2, 0) is 13.0 Å². The minimum absolute atomic E-state index is 0.0182. The number of halogens is 1. The minimum atomic E-state index is -0.328. The molecular weight excluding hydrogens is 351 g/mol. The molecule has 3 aromatic rings. The van der Waals surface area contributed by atoms with E-state index in [9.17, 15) is 9.50 Å². The number of nitrogens with one attached hydrogen (secondary N) is 1. The molecule has 1 heterocycles. The fourth-order valence-corrected chi connectivity index (χ4v) is 3.81. The maximum absolute atomic E-state index is 14.3. The third-order valence-electron chi connectivity index (χ3n) is 5.54. The zero-order chi connectivity index (χ0) is 19.7. The van der Waals surface area contributed by atoms with Gasteiger partial charge in [-0.3, -0.25) is 0 Å². The van der Waals surface area contributed by atoms with Crippen LogP contribution in [0.15, 0.2) is 54.6 Å². The van der Waals surface area contributed by atoms with Gasteiger partial charge in [0.2, 0.25) is 0 Å². The largest absolute Gasteiger partial charge is 0.395 e. The fourth-order valence-electron chi connectivity index (χ4n) is 3.81. The van der Waals surface area contributed by atoms with E-state index >= 15 is 0 Å². The van der Waals surface area contributed by atoms with Crippen molar-refractivity contribution < 1.29 is 9.50 Å². The number of nitrogens with zero attached hydrogens (tertiary/aromatic N) is 1. The van der Waals surface area contributed by atoms with Crippen LogP contribution in [0.2, 0.25) is 0 Å². The molecule has 0 bridgehead atoms. The number of aliphatic hydroxyl groups excluding tert-OH is 1. The van der Waals surface area contributed by atoms with Crippen molar-refractivity contribution in [3.63, 3.8) is 0 Å². The summed E-state index contributed by atoms with van der Waals surface area (Å²) in [5, 5.41) is 12.7. The Morgan fingerprint density at radius 1 is 1.04 bits per heavy atom. The van der Waals surface area contributed by atoms with Crippen LogP contribution >= 0.6 is 0 Å². The Kier molecular flexibility index (Phi) is 5.25. The summed E-state index contributed by atoms with van der Waals surface area (Å²) < 4.78 is 14.3. The Morgan fingerprint density at radius 3 is 2.61 bits per heavy atom. The number of rotatable bonds is 6. The van der Waals surface area contributed by atoms with E-state index in [1.165, 1.54) is 28.3 Å². The van der Waals surface area contributed by atoms with Gasteiger partial charge in [0.15, 0.2) is 0 Å². The van der Waals surface area contributed by atoms with Gasteiger partial charge in [-0.2, -0.15) is 0 Å². The smallest absolute Gasteiger partial charge is 0.146 e. The van der Waals surface area contributed by atoms with Gasteiger partial charge in [-0.1, -0.05) is 50.2 Å². The van der Waals surface area contributed by atoms with Gasteiger partial charge in [0.05, 0.1) is 18.0 Å². The first kappa shape index (κ1) is 18.8. The Morgan fingerprint density at radius 2 is 1.82 bits per heavy atom. The van der Waals surface area contributed by atoms with Crippen molar-refractivity contribution in [1.29, 1.82) is 0 Å². The Balaban J connectivity index is 1.60. The quantitative estimate of drug-likeness (QED) is 0.518. The zero-order valence-electron chi connectivity index (χ0n) is 16.2. The number of pyridine rings is 1. The van der Waals surface area contributed by atoms with Gasteiger partial charge in [-0.15, -0.1) is 0 Å². The van der Waals surface area contributed by atoms with Gasteiger partial charge < -0.3 is 10.4 Å². The average molecular weight is 376 g/mol. The minimum Gasteiger partial charge on any atom is -0.395 e. The van der Waals surface area contributed by atoms with E-state index in [1.54, 1.807) is 6.07 Å². The van der Waals surface area contributed by atoms with E-state index in [1.807, 2.05) is 13.8 Å². The van der Waals surface area contributed by atoms with Crippen molar-refractivity contribution >= 4 is 0 Å². The van der Waals surface area contributed by atoms with Crippen molar-refractivity contribution in [2.75, 3.05) is 6.61 Å². The molecular formula is C24H25FN2O. The molecule has 0 fully saturated rings. The summed E-state index contributed by atoms with van der Waals surface area (Å²) in [6.45, 7) is 4.36. The van der Waals surface area contributed by atoms with E-state index < -0.39 is 0 Å². The van der Waals surface area contributed by atoms with E-state index in [-0.39, 0.29) is 24.4 Å². The van der Waals surface area contributed by atoms with Crippen LogP contribution in [0, 0.1) is 11.7 Å². The molecule has 0 saturated heterocycles. The van der Waals surface area contributed by atoms with E-state index in [4.69, 9.17) is 0 Å². The summed E-state index contributed by atoms with van der Waals surface area (Å²) in [5.74, 6) is -0.0696. The van der Waals surface area contributed by atoms with E-state index in [0.717, 1.165) is 17.7 Å². The molecule has 1 aromatic heterocycles. The molecule has 28 heavy (non-hydrogen) atoms. The van der Waals surface area contributed by atoms with Gasteiger partial charge in [-0.05, 0) is 52.8 Å². The summed E-state index contributed by atoms with van der Waals surface area (Å²) >= 11 is 0. The highest BCUT2D eigenvalue weighted by atomic mass is 19.1. The maximum atomic E-state index is 14.3. The second-order valence-electron chi connectivity index (χ2n) is 7.74. The van der Waals surface area contributed by atoms with Gasteiger partial charge in [-0.25, -0.2) is 9.37 Å². The molecule has 0 unspecified atom stereocenters. The van der Waals surface area contributed by atoms with Crippen LogP contribution in [0.1, 0.15) is 30.7 Å². The van der Waals surface area contributed by atoms with Crippen molar-refractivity contribution in [3.05, 3.63) is 77.2 Å². The van der Waals surface area contributed by atoms with Crippen LogP contribution in [0.3, 0.4) is 0 Å². The maximum Gasteiger partial charge on any atom is 0.146 e. The molecule has 0 radical (unpaired) electrons. The normalized spacial score (nSPS) is 13.5. The van der Waals surface area contributed by atoms with E-state index in [2.05, 4.69) is 52.8 Å². The molecule has 0 aliphatic heterocycles. The summed E-state index contributed by atoms with van der Waals surface area (Å²) in [6, 6.07) is 18.0. The van der Waals surface area contributed by atoms with Gasteiger partial charge in [0.1, 0.15) is 5.82 Å². The highest BCUT2D eigenvalue weighted by Gasteiger charge is 2.19. The van der Waals surface area contributed by atoms with Crippen LogP contribution in [0.4, 0.5) is 4.39 Å². The number of aromatic nitrogens is 1. The lowest BCUT2D eigenvalue weighted by molar-refractivity contribution is 0.209. The second-order valence-corrected chi connectivity index (χ2v) is 7.74. The molecule has 2 aromatic carbocycles. The summed E-state index contributed by atoms with van der Waals surface area (Å²) in [5.41, 5.74) is 7.33. The molecule has 3 nitrogen and oxygen atoms in total. The van der Waals surface area contributed by atoms with Crippen molar-refractivity contribution in [1.82, 2.24) is 10.3 Å². The van der Waals surface area contributed by atoms with Crippen LogP contribution in [0.5, 0.6) is 0 Å². The van der Waals surface area contributed by atoms with Crippen LogP contribution in [0.25, 0.3) is 22.4 Å². The fraction of sp³-hybridized carbons (Fsp3) is 0.292. The Bertz CT molecular complexity index is 1000. The zero-order valence-corrected chi connectivity index (χ0v) is 16.2. The molecule has 2 N–H and O–H groups in total. The first-order chi connectivity index (χ1) is 13.6. The highest BCUT2D eigenvalue weighted by molar-refractivity contribution is 5.79. The van der Waals surface area contributed by atoms with Gasteiger partial charge >= 0.3 is 0 Å². The third-order valence-corrected chi connectivity index (χ3v) is 5.54. The lowest BCUT2D eigenvalue weighted by atomic mass is 10.0. The first-order valence-corrected chi connectivity index (χ1v) is 9.78. The molecule has 4 rings (SSSR count). The van der Waals surface area contributed by atoms with Crippen molar-refractivity contribution in [2.45, 2.75) is 32.9 Å². The van der Waals surface area contributed by atoms with Crippen molar-refractivity contribution in [2.24, 2.45) is 5.92 Å². The number of hydrogen-bond acceptors (Lipinski definition) is 3. The highest BCUT2D eigenvalue weighted by Crippen LogP contribution is 2.38. The predicted molar refractivity (Wildman–Crippen MR) is 110 cm³/mol. The lowest BCUT2D eigenvalue weighted by Crippen LogP contribution is -2.36. The molecule has 0 amide bonds. The second kappa shape index (κ2) is 7.82. The molecule has 144 valence electrons.